The van der Waals surface area contributed by atoms with E-state index in [4.69, 9.17) is 0 Å². The molecule has 0 aliphatic heterocycles. The summed E-state index contributed by atoms with van der Waals surface area (Å²) in [5.41, 5.74) is 0.182. The van der Waals surface area contributed by atoms with Crippen molar-refractivity contribution in [3.63, 3.8) is 0 Å². The van der Waals surface area contributed by atoms with Crippen LogP contribution in [0.15, 0.2) is 0 Å². The molecule has 0 radical (unpaired) electrons. The zero-order valence-electron chi connectivity index (χ0n) is 14.1. The minimum atomic E-state index is 0.182. The molecule has 0 amide bonds. The molecule has 0 aromatic heterocycles. The number of ketones is 1. The Hall–Kier alpha value is -0.660. The van der Waals surface area contributed by atoms with Gasteiger partial charge in [-0.1, -0.05) is 54.4 Å². The molecule has 0 aromatic rings. The van der Waals surface area contributed by atoms with Gasteiger partial charge in [0.25, 0.3) is 0 Å². The maximum atomic E-state index is 10.9. The van der Waals surface area contributed by atoms with Crippen LogP contribution in [0.1, 0.15) is 80.6 Å². The van der Waals surface area contributed by atoms with E-state index in [0.29, 0.717) is 18.1 Å². The summed E-state index contributed by atoms with van der Waals surface area (Å²) >= 11 is 0. The summed E-state index contributed by atoms with van der Waals surface area (Å²) in [4.78, 5) is 20.7. The predicted molar refractivity (Wildman–Crippen MR) is 83.3 cm³/mol. The van der Waals surface area contributed by atoms with E-state index >= 15 is 0 Å². The molecule has 0 aromatic carbocycles. The first-order valence-electron chi connectivity index (χ1n) is 7.70. The number of hydrogen-bond acceptors (Lipinski definition) is 2. The highest BCUT2D eigenvalue weighted by Gasteiger charge is 2.20. The van der Waals surface area contributed by atoms with Crippen molar-refractivity contribution in [2.75, 3.05) is 0 Å². The molecule has 0 saturated heterocycles. The van der Waals surface area contributed by atoms with Crippen molar-refractivity contribution >= 4 is 12.1 Å². The quantitative estimate of drug-likeness (QED) is 0.658. The third-order valence-corrected chi connectivity index (χ3v) is 3.29. The fourth-order valence-corrected chi connectivity index (χ4v) is 1.92. The third-order valence-electron chi connectivity index (χ3n) is 3.29. The molecule has 2 heteroatoms. The lowest BCUT2D eigenvalue weighted by molar-refractivity contribution is -0.121. The number of rotatable bonds is 2. The third kappa shape index (κ3) is 13.6. The van der Waals surface area contributed by atoms with Crippen molar-refractivity contribution in [1.82, 2.24) is 0 Å². The zero-order valence-corrected chi connectivity index (χ0v) is 14.1. The molecule has 1 saturated carbocycles. The molecule has 1 fully saturated rings. The van der Waals surface area contributed by atoms with Gasteiger partial charge in [0.1, 0.15) is 12.1 Å². The summed E-state index contributed by atoms with van der Waals surface area (Å²) in [6.07, 6.45) is 6.40. The molecular formula is C17H34O2. The van der Waals surface area contributed by atoms with Gasteiger partial charge in [0, 0.05) is 12.3 Å². The van der Waals surface area contributed by atoms with Crippen LogP contribution < -0.4 is 0 Å². The molecule has 0 atom stereocenters. The highest BCUT2D eigenvalue weighted by molar-refractivity contribution is 5.78. The first kappa shape index (κ1) is 20.7. The number of Topliss-reactive ketones (excluding diaryl/α,β-unsaturated/α-hetero) is 1. The second-order valence-electron chi connectivity index (χ2n) is 6.50. The first-order valence-corrected chi connectivity index (χ1v) is 7.70. The van der Waals surface area contributed by atoms with Gasteiger partial charge in [-0.05, 0) is 31.1 Å². The summed E-state index contributed by atoms with van der Waals surface area (Å²) in [7, 11) is 0. The Labute approximate surface area is 120 Å². The fourth-order valence-electron chi connectivity index (χ4n) is 1.92. The van der Waals surface area contributed by atoms with E-state index in [-0.39, 0.29) is 5.41 Å². The molecule has 1 aliphatic rings. The summed E-state index contributed by atoms with van der Waals surface area (Å²) in [6.45, 7) is 14.1. The maximum absolute atomic E-state index is 10.9. The van der Waals surface area contributed by atoms with Gasteiger partial charge in [0.15, 0.2) is 0 Å². The Balaban J connectivity index is 0. The van der Waals surface area contributed by atoms with Gasteiger partial charge in [0.2, 0.25) is 0 Å². The average molecular weight is 270 g/mol. The second-order valence-corrected chi connectivity index (χ2v) is 6.50. The van der Waals surface area contributed by atoms with Crippen LogP contribution >= 0.6 is 0 Å². The standard InChI is InChI=1S/C9H16O.C6H12O.C2H6/c1-7-3-5-9(6-4-7)8(2)10;1-6(2,3)4-5-7;1-2/h7,9H,3-6H2,1-2H3;5H,4H2,1-3H3;1-2H3. The Morgan fingerprint density at radius 2 is 1.53 bits per heavy atom. The van der Waals surface area contributed by atoms with Crippen molar-refractivity contribution in [3.8, 4) is 0 Å². The molecule has 0 bridgehead atoms. The van der Waals surface area contributed by atoms with Gasteiger partial charge in [-0.15, -0.1) is 0 Å². The molecular weight excluding hydrogens is 236 g/mol. The summed E-state index contributed by atoms with van der Waals surface area (Å²) < 4.78 is 0. The van der Waals surface area contributed by atoms with E-state index in [1.165, 1.54) is 12.8 Å². The van der Waals surface area contributed by atoms with Gasteiger partial charge >= 0.3 is 0 Å². The van der Waals surface area contributed by atoms with Crippen LogP contribution in [0.2, 0.25) is 0 Å². The van der Waals surface area contributed by atoms with Crippen molar-refractivity contribution in [1.29, 1.82) is 0 Å². The van der Waals surface area contributed by atoms with Crippen molar-refractivity contribution in [3.05, 3.63) is 0 Å². The van der Waals surface area contributed by atoms with Crippen LogP contribution in [0.5, 0.6) is 0 Å². The summed E-state index contributed by atoms with van der Waals surface area (Å²) in [6, 6.07) is 0. The maximum Gasteiger partial charge on any atom is 0.132 e. The highest BCUT2D eigenvalue weighted by Crippen LogP contribution is 2.28. The largest absolute Gasteiger partial charge is 0.303 e. The normalized spacial score (nSPS) is 22.3. The average Bonchev–Trinajstić information content (AvgIpc) is 2.31. The number of aldehydes is 1. The number of carbonyl (C=O) groups excluding carboxylic acids is 2. The first-order chi connectivity index (χ1) is 8.76. The van der Waals surface area contributed by atoms with Crippen LogP contribution in [0, 0.1) is 17.3 Å². The fraction of sp³-hybridized carbons (Fsp3) is 0.882. The van der Waals surface area contributed by atoms with Crippen molar-refractivity contribution in [2.24, 2.45) is 17.3 Å². The highest BCUT2D eigenvalue weighted by atomic mass is 16.1. The lowest BCUT2D eigenvalue weighted by Crippen LogP contribution is -2.18. The topological polar surface area (TPSA) is 34.1 Å². The van der Waals surface area contributed by atoms with Crippen LogP contribution in [-0.2, 0) is 9.59 Å². The molecule has 1 aliphatic carbocycles. The Bertz CT molecular complexity index is 230. The lowest BCUT2D eigenvalue weighted by atomic mass is 9.81. The van der Waals surface area contributed by atoms with Gasteiger partial charge in [-0.25, -0.2) is 0 Å². The Kier molecular flexibility index (Phi) is 12.2. The van der Waals surface area contributed by atoms with Gasteiger partial charge < -0.3 is 4.79 Å². The van der Waals surface area contributed by atoms with Gasteiger partial charge in [-0.2, -0.15) is 0 Å². The van der Waals surface area contributed by atoms with Crippen LogP contribution in [-0.4, -0.2) is 12.1 Å². The molecule has 0 N–H and O–H groups in total. The smallest absolute Gasteiger partial charge is 0.132 e. The van der Waals surface area contributed by atoms with E-state index < -0.39 is 0 Å². The summed E-state index contributed by atoms with van der Waals surface area (Å²) in [5.74, 6) is 1.65. The predicted octanol–water partition coefficient (Wildman–Crippen LogP) is 5.05. The minimum absolute atomic E-state index is 0.182. The minimum Gasteiger partial charge on any atom is -0.303 e. The molecule has 1 rings (SSSR count). The van der Waals surface area contributed by atoms with E-state index in [1.54, 1.807) is 6.92 Å². The zero-order chi connectivity index (χ0) is 15.5. The molecule has 0 heterocycles. The monoisotopic (exact) mass is 270 g/mol. The van der Waals surface area contributed by atoms with Gasteiger partial charge in [0.05, 0.1) is 0 Å². The van der Waals surface area contributed by atoms with Crippen LogP contribution in [0.25, 0.3) is 0 Å². The molecule has 0 spiro atoms. The van der Waals surface area contributed by atoms with Gasteiger partial charge in [-0.3, -0.25) is 4.79 Å². The van der Waals surface area contributed by atoms with Crippen molar-refractivity contribution < 1.29 is 9.59 Å². The van der Waals surface area contributed by atoms with Crippen molar-refractivity contribution in [2.45, 2.75) is 80.6 Å². The lowest BCUT2D eigenvalue weighted by Gasteiger charge is -2.23. The van der Waals surface area contributed by atoms with Crippen LogP contribution in [0.4, 0.5) is 0 Å². The molecule has 0 unspecified atom stereocenters. The Morgan fingerprint density at radius 1 is 1.11 bits per heavy atom. The number of carbonyl (C=O) groups is 2. The molecule has 114 valence electrons. The van der Waals surface area contributed by atoms with E-state index in [1.807, 2.05) is 34.6 Å². The Morgan fingerprint density at radius 3 is 1.74 bits per heavy atom. The van der Waals surface area contributed by atoms with E-state index in [0.717, 1.165) is 25.0 Å². The SMILES string of the molecule is CC.CC(=O)C1CCC(C)CC1.CC(C)(C)CC=O. The van der Waals surface area contributed by atoms with Crippen LogP contribution in [0.3, 0.4) is 0 Å². The van der Waals surface area contributed by atoms with E-state index in [9.17, 15) is 9.59 Å². The van der Waals surface area contributed by atoms with E-state index in [2.05, 4.69) is 6.92 Å². The summed E-state index contributed by atoms with van der Waals surface area (Å²) in [5, 5.41) is 0. The molecule has 2 nitrogen and oxygen atoms in total. The number of hydrogen-bond donors (Lipinski definition) is 0. The molecule has 19 heavy (non-hydrogen) atoms. The second kappa shape index (κ2) is 11.2.